The van der Waals surface area contributed by atoms with Gasteiger partial charge in [-0.3, -0.25) is 4.57 Å². The number of alkyl halides is 3. The summed E-state index contributed by atoms with van der Waals surface area (Å²) >= 11 is 3.09. The van der Waals surface area contributed by atoms with Crippen molar-refractivity contribution in [3.63, 3.8) is 0 Å². The minimum absolute atomic E-state index is 0.0410. The van der Waals surface area contributed by atoms with E-state index in [0.29, 0.717) is 28.6 Å². The number of nitrogens with one attached hydrogen (secondary N) is 1. The molecule has 0 bridgehead atoms. The molecular weight excluding hydrogens is 361 g/mol. The van der Waals surface area contributed by atoms with Crippen LogP contribution in [0.4, 0.5) is 18.9 Å². The highest BCUT2D eigenvalue weighted by atomic mass is 79.9. The lowest BCUT2D eigenvalue weighted by Crippen LogP contribution is -2.36. The van der Waals surface area contributed by atoms with Crippen LogP contribution in [0.1, 0.15) is 36.6 Å². The Hall–Kier alpha value is -1.57. The van der Waals surface area contributed by atoms with Gasteiger partial charge in [0.05, 0.1) is 22.5 Å². The van der Waals surface area contributed by atoms with Gasteiger partial charge >= 0.3 is 6.18 Å². The van der Waals surface area contributed by atoms with E-state index < -0.39 is 17.3 Å². The Balaban J connectivity index is 2.38. The zero-order chi connectivity index (χ0) is 16.4. The fourth-order valence-corrected chi connectivity index (χ4v) is 3.33. The first-order valence-corrected chi connectivity index (χ1v) is 7.44. The van der Waals surface area contributed by atoms with E-state index >= 15 is 0 Å². The number of benzene rings is 1. The average Bonchev–Trinajstić information content (AvgIpc) is 2.75. The van der Waals surface area contributed by atoms with Crippen LogP contribution in [0.2, 0.25) is 0 Å². The minimum Gasteiger partial charge on any atom is -0.371 e. The Labute approximate surface area is 133 Å². The Morgan fingerprint density at radius 1 is 1.23 bits per heavy atom. The molecular formula is C14H14BrF3N4. The maximum Gasteiger partial charge on any atom is 0.417 e. The summed E-state index contributed by atoms with van der Waals surface area (Å²) in [5, 5.41) is 11.4. The van der Waals surface area contributed by atoms with E-state index in [2.05, 4.69) is 31.4 Å². The molecule has 2 heterocycles. The summed E-state index contributed by atoms with van der Waals surface area (Å²) in [6.07, 6.45) is -4.42. The first-order valence-electron chi connectivity index (χ1n) is 6.65. The monoisotopic (exact) mass is 374 g/mol. The van der Waals surface area contributed by atoms with Crippen molar-refractivity contribution < 1.29 is 13.2 Å². The van der Waals surface area contributed by atoms with Gasteiger partial charge in [-0.1, -0.05) is 0 Å². The van der Waals surface area contributed by atoms with E-state index in [4.69, 9.17) is 0 Å². The highest BCUT2D eigenvalue weighted by Gasteiger charge is 2.40. The van der Waals surface area contributed by atoms with E-state index in [1.54, 1.807) is 13.8 Å². The second-order valence-corrected chi connectivity index (χ2v) is 6.71. The molecule has 4 nitrogen and oxygen atoms in total. The molecule has 0 saturated carbocycles. The van der Waals surface area contributed by atoms with Gasteiger partial charge < -0.3 is 5.32 Å². The molecule has 3 rings (SSSR count). The van der Waals surface area contributed by atoms with Gasteiger partial charge in [0.2, 0.25) is 0 Å². The van der Waals surface area contributed by atoms with Gasteiger partial charge in [-0.2, -0.15) is 13.2 Å². The lowest BCUT2D eigenvalue weighted by atomic mass is 9.97. The van der Waals surface area contributed by atoms with Crippen LogP contribution in [0.25, 0.3) is 5.69 Å². The number of rotatable bonds is 0. The van der Waals surface area contributed by atoms with E-state index in [1.165, 1.54) is 0 Å². The van der Waals surface area contributed by atoms with Crippen molar-refractivity contribution in [1.29, 1.82) is 0 Å². The zero-order valence-corrected chi connectivity index (χ0v) is 14.0. The second kappa shape index (κ2) is 4.47. The molecule has 1 N–H and O–H groups in total. The standard InChI is InChI=1S/C14H14BrF3N4/c1-6-10(15)8(14(16,17)18)5-9-11(6)22-7(2)20-21-12(22)13(3,4)19-9/h5,19H,1-4H3. The lowest BCUT2D eigenvalue weighted by Gasteiger charge is -2.35. The van der Waals surface area contributed by atoms with Crippen LogP contribution < -0.4 is 5.32 Å². The fraction of sp³-hybridized carbons (Fsp3) is 0.429. The number of aryl methyl sites for hydroxylation is 1. The number of nitrogens with zero attached hydrogens (tertiary/aromatic N) is 3. The summed E-state index contributed by atoms with van der Waals surface area (Å²) in [5.74, 6) is 1.31. The molecule has 0 aliphatic carbocycles. The molecule has 0 atom stereocenters. The zero-order valence-electron chi connectivity index (χ0n) is 12.4. The Morgan fingerprint density at radius 3 is 2.45 bits per heavy atom. The fourth-order valence-electron chi connectivity index (χ4n) is 2.80. The van der Waals surface area contributed by atoms with E-state index in [0.717, 1.165) is 6.07 Å². The molecule has 2 aromatic rings. The molecule has 0 spiro atoms. The molecule has 0 saturated heterocycles. The lowest BCUT2D eigenvalue weighted by molar-refractivity contribution is -0.138. The summed E-state index contributed by atoms with van der Waals surface area (Å²) in [6.45, 7) is 7.16. The molecule has 8 heteroatoms. The van der Waals surface area contributed by atoms with Crippen LogP contribution in [0.5, 0.6) is 0 Å². The van der Waals surface area contributed by atoms with Gasteiger partial charge in [0.1, 0.15) is 5.82 Å². The van der Waals surface area contributed by atoms with Crippen molar-refractivity contribution in [2.75, 3.05) is 5.32 Å². The van der Waals surface area contributed by atoms with Gasteiger partial charge in [-0.05, 0) is 55.3 Å². The maximum absolute atomic E-state index is 13.2. The van der Waals surface area contributed by atoms with Crippen LogP contribution in [-0.4, -0.2) is 14.8 Å². The van der Waals surface area contributed by atoms with Crippen molar-refractivity contribution in [3.05, 3.63) is 33.3 Å². The first-order chi connectivity index (χ1) is 10.0. The van der Waals surface area contributed by atoms with Crippen molar-refractivity contribution in [2.24, 2.45) is 0 Å². The van der Waals surface area contributed by atoms with E-state index in [1.807, 2.05) is 18.4 Å². The maximum atomic E-state index is 13.2. The van der Waals surface area contributed by atoms with Crippen LogP contribution >= 0.6 is 15.9 Å². The molecule has 0 radical (unpaired) electrons. The van der Waals surface area contributed by atoms with E-state index in [-0.39, 0.29) is 4.47 Å². The molecule has 0 amide bonds. The minimum atomic E-state index is -4.42. The third-order valence-electron chi connectivity index (χ3n) is 3.82. The van der Waals surface area contributed by atoms with Crippen LogP contribution in [0.3, 0.4) is 0 Å². The summed E-state index contributed by atoms with van der Waals surface area (Å²) in [6, 6.07) is 1.14. The third kappa shape index (κ3) is 2.04. The SMILES string of the molecule is Cc1c(Br)c(C(F)(F)F)cc2c1-n1c(C)nnc1C(C)(C)N2. The summed E-state index contributed by atoms with van der Waals surface area (Å²) in [4.78, 5) is 0. The quantitative estimate of drug-likeness (QED) is 0.746. The first kappa shape index (κ1) is 15.3. The number of hydrogen-bond donors (Lipinski definition) is 1. The molecule has 1 aromatic heterocycles. The molecule has 0 fully saturated rings. The summed E-state index contributed by atoms with van der Waals surface area (Å²) in [7, 11) is 0. The number of fused-ring (bicyclic) bond motifs is 3. The van der Waals surface area contributed by atoms with Gasteiger partial charge in [0.15, 0.2) is 5.82 Å². The largest absolute Gasteiger partial charge is 0.417 e. The molecule has 118 valence electrons. The molecule has 1 aliphatic rings. The van der Waals surface area contributed by atoms with E-state index in [9.17, 15) is 13.2 Å². The van der Waals surface area contributed by atoms with Gasteiger partial charge in [0.25, 0.3) is 0 Å². The number of halogens is 4. The van der Waals surface area contributed by atoms with Crippen molar-refractivity contribution in [2.45, 2.75) is 39.4 Å². The Kier molecular flexibility index (Phi) is 3.11. The van der Waals surface area contributed by atoms with Crippen LogP contribution in [0, 0.1) is 13.8 Å². The van der Waals surface area contributed by atoms with Gasteiger partial charge in [-0.25, -0.2) is 0 Å². The van der Waals surface area contributed by atoms with Gasteiger partial charge in [0, 0.05) is 4.47 Å². The number of aromatic nitrogens is 3. The highest BCUT2D eigenvalue weighted by molar-refractivity contribution is 9.10. The molecule has 22 heavy (non-hydrogen) atoms. The predicted octanol–water partition coefficient (Wildman–Crippen LogP) is 4.33. The smallest absolute Gasteiger partial charge is 0.371 e. The van der Waals surface area contributed by atoms with Crippen molar-refractivity contribution in [3.8, 4) is 5.69 Å². The number of hydrogen-bond acceptors (Lipinski definition) is 3. The highest BCUT2D eigenvalue weighted by Crippen LogP contribution is 2.45. The third-order valence-corrected chi connectivity index (χ3v) is 4.85. The second-order valence-electron chi connectivity index (χ2n) is 5.91. The molecule has 1 aliphatic heterocycles. The average molecular weight is 375 g/mol. The van der Waals surface area contributed by atoms with Crippen LogP contribution in [0.15, 0.2) is 10.5 Å². The normalized spacial score (nSPS) is 16.0. The topological polar surface area (TPSA) is 42.7 Å². The summed E-state index contributed by atoms with van der Waals surface area (Å²) < 4.78 is 41.5. The molecule has 0 unspecified atom stereocenters. The van der Waals surface area contributed by atoms with Crippen molar-refractivity contribution in [1.82, 2.24) is 14.8 Å². The summed E-state index contributed by atoms with van der Waals surface area (Å²) in [5.41, 5.74) is 0.264. The predicted molar refractivity (Wildman–Crippen MR) is 80.2 cm³/mol. The van der Waals surface area contributed by atoms with Crippen LogP contribution in [-0.2, 0) is 11.7 Å². The number of anilines is 1. The Morgan fingerprint density at radius 2 is 1.86 bits per heavy atom. The Bertz CT molecular complexity index is 777. The van der Waals surface area contributed by atoms with Crippen molar-refractivity contribution >= 4 is 21.6 Å². The van der Waals surface area contributed by atoms with Gasteiger partial charge in [-0.15, -0.1) is 10.2 Å². The molecule has 1 aromatic carbocycles.